The van der Waals surface area contributed by atoms with E-state index in [-0.39, 0.29) is 24.4 Å². The second-order valence-electron chi connectivity index (χ2n) is 5.53. The Morgan fingerprint density at radius 3 is 2.82 bits per heavy atom. The summed E-state index contributed by atoms with van der Waals surface area (Å²) >= 11 is 0. The minimum Gasteiger partial charge on any atom is -0.361 e. The lowest BCUT2D eigenvalue weighted by Crippen LogP contribution is -2.48. The summed E-state index contributed by atoms with van der Waals surface area (Å²) in [5, 5.41) is 7.24. The molecule has 118 valence electrons. The quantitative estimate of drug-likeness (QED) is 0.940. The molecular weight excluding hydrogens is 302 g/mol. The van der Waals surface area contributed by atoms with Crippen LogP contribution in [0.15, 0.2) is 34.9 Å². The van der Waals surface area contributed by atoms with Crippen molar-refractivity contribution in [2.24, 2.45) is 0 Å². The molecule has 6 heteroatoms. The Balaban J connectivity index is 0.00000176. The third kappa shape index (κ3) is 3.48. The van der Waals surface area contributed by atoms with Crippen LogP contribution in [0, 0.1) is 6.92 Å². The maximum Gasteiger partial charge on any atom is 0.240 e. The van der Waals surface area contributed by atoms with Crippen molar-refractivity contribution in [1.82, 2.24) is 15.4 Å². The average molecular weight is 322 g/mol. The van der Waals surface area contributed by atoms with Crippen molar-refractivity contribution in [1.29, 1.82) is 0 Å². The number of carbonyl (C=O) groups excluding carboxylic acids is 1. The van der Waals surface area contributed by atoms with Crippen LogP contribution in [0.25, 0.3) is 0 Å². The Morgan fingerprint density at radius 1 is 1.41 bits per heavy atom. The summed E-state index contributed by atoms with van der Waals surface area (Å²) in [6.45, 7) is 3.05. The third-order valence-corrected chi connectivity index (χ3v) is 3.83. The lowest BCUT2D eigenvalue weighted by molar-refractivity contribution is -0.132. The van der Waals surface area contributed by atoms with E-state index in [1.54, 1.807) is 11.9 Å². The lowest BCUT2D eigenvalue weighted by Gasteiger charge is -2.28. The fourth-order valence-electron chi connectivity index (χ4n) is 2.71. The van der Waals surface area contributed by atoms with Crippen LogP contribution in [0.1, 0.15) is 22.6 Å². The molecule has 0 aliphatic carbocycles. The van der Waals surface area contributed by atoms with E-state index in [4.69, 9.17) is 4.52 Å². The third-order valence-electron chi connectivity index (χ3n) is 3.83. The first kappa shape index (κ1) is 16.5. The highest BCUT2D eigenvalue weighted by Crippen LogP contribution is 2.17. The first-order valence-corrected chi connectivity index (χ1v) is 7.11. The second kappa shape index (κ2) is 6.94. The molecule has 1 aromatic heterocycles. The predicted molar refractivity (Wildman–Crippen MR) is 85.7 cm³/mol. The van der Waals surface area contributed by atoms with Gasteiger partial charge in [-0.05, 0) is 24.5 Å². The van der Waals surface area contributed by atoms with Gasteiger partial charge in [0.05, 0.1) is 12.6 Å². The maximum atomic E-state index is 12.5. The number of benzene rings is 1. The normalized spacial score (nSPS) is 16.5. The number of aryl methyl sites for hydroxylation is 1. The van der Waals surface area contributed by atoms with E-state index in [0.717, 1.165) is 24.4 Å². The van der Waals surface area contributed by atoms with Gasteiger partial charge in [0.15, 0.2) is 0 Å². The Kier molecular flexibility index (Phi) is 5.21. The second-order valence-corrected chi connectivity index (χ2v) is 5.53. The molecule has 22 heavy (non-hydrogen) atoms. The van der Waals surface area contributed by atoms with Crippen LogP contribution in [0.2, 0.25) is 0 Å². The van der Waals surface area contributed by atoms with Crippen LogP contribution in [-0.4, -0.2) is 29.1 Å². The monoisotopic (exact) mass is 321 g/mol. The molecule has 3 rings (SSSR count). The van der Waals surface area contributed by atoms with Gasteiger partial charge in [-0.3, -0.25) is 4.79 Å². The largest absolute Gasteiger partial charge is 0.361 e. The van der Waals surface area contributed by atoms with Gasteiger partial charge in [0.2, 0.25) is 5.91 Å². The molecule has 5 nitrogen and oxygen atoms in total. The number of halogens is 1. The fourth-order valence-corrected chi connectivity index (χ4v) is 2.71. The fraction of sp³-hybridized carbons (Fsp3) is 0.375. The van der Waals surface area contributed by atoms with Gasteiger partial charge in [-0.2, -0.15) is 0 Å². The van der Waals surface area contributed by atoms with E-state index in [1.807, 2.05) is 25.1 Å². The van der Waals surface area contributed by atoms with E-state index >= 15 is 0 Å². The van der Waals surface area contributed by atoms with Crippen LogP contribution in [-0.2, 0) is 24.3 Å². The molecule has 1 unspecified atom stereocenters. The zero-order valence-electron chi connectivity index (χ0n) is 12.7. The Bertz CT molecular complexity index is 656. The Morgan fingerprint density at radius 2 is 2.14 bits per heavy atom. The van der Waals surface area contributed by atoms with Crippen molar-refractivity contribution >= 4 is 18.3 Å². The van der Waals surface area contributed by atoms with Gasteiger partial charge < -0.3 is 14.7 Å². The van der Waals surface area contributed by atoms with Gasteiger partial charge in [0, 0.05) is 19.7 Å². The molecule has 1 N–H and O–H groups in total. The topological polar surface area (TPSA) is 58.4 Å². The molecule has 0 saturated carbocycles. The van der Waals surface area contributed by atoms with E-state index in [9.17, 15) is 4.79 Å². The van der Waals surface area contributed by atoms with E-state index in [2.05, 4.69) is 22.6 Å². The number of nitrogens with zero attached hydrogens (tertiary/aromatic N) is 2. The number of nitrogens with one attached hydrogen (secondary N) is 1. The van der Waals surface area contributed by atoms with Crippen LogP contribution < -0.4 is 5.32 Å². The van der Waals surface area contributed by atoms with Crippen molar-refractivity contribution in [3.63, 3.8) is 0 Å². The molecule has 2 heterocycles. The van der Waals surface area contributed by atoms with Gasteiger partial charge in [0.1, 0.15) is 11.5 Å². The van der Waals surface area contributed by atoms with Crippen molar-refractivity contribution < 1.29 is 9.32 Å². The minimum atomic E-state index is -0.169. The summed E-state index contributed by atoms with van der Waals surface area (Å²) in [6.07, 6.45) is 0.733. The lowest BCUT2D eigenvalue weighted by atomic mass is 9.95. The number of hydrogen-bond acceptors (Lipinski definition) is 4. The molecule has 1 aliphatic heterocycles. The number of amides is 1. The predicted octanol–water partition coefficient (Wildman–Crippen LogP) is 2.08. The summed E-state index contributed by atoms with van der Waals surface area (Å²) < 4.78 is 5.03. The van der Waals surface area contributed by atoms with Crippen LogP contribution >= 0.6 is 12.4 Å². The number of carbonyl (C=O) groups is 1. The molecule has 1 aliphatic rings. The van der Waals surface area contributed by atoms with Gasteiger partial charge >= 0.3 is 0 Å². The van der Waals surface area contributed by atoms with Crippen LogP contribution in [0.4, 0.5) is 0 Å². The minimum absolute atomic E-state index is 0. The van der Waals surface area contributed by atoms with Gasteiger partial charge in [-0.15, -0.1) is 12.4 Å². The smallest absolute Gasteiger partial charge is 0.240 e. The number of rotatable bonds is 3. The van der Waals surface area contributed by atoms with Gasteiger partial charge in [-0.25, -0.2) is 0 Å². The molecule has 0 saturated heterocycles. The molecule has 0 radical (unpaired) electrons. The van der Waals surface area contributed by atoms with E-state index in [1.165, 1.54) is 11.1 Å². The Labute approximate surface area is 136 Å². The molecule has 0 fully saturated rings. The summed E-state index contributed by atoms with van der Waals surface area (Å²) in [6, 6.07) is 9.93. The summed E-state index contributed by atoms with van der Waals surface area (Å²) in [4.78, 5) is 14.2. The van der Waals surface area contributed by atoms with Crippen LogP contribution in [0.5, 0.6) is 0 Å². The Hall–Kier alpha value is -1.85. The highest BCUT2D eigenvalue weighted by atomic mass is 35.5. The standard InChI is InChI=1S/C16H19N3O2.ClH/c1-11-7-14(18-21-11)10-19(2)16(20)15-8-12-5-3-4-6-13(12)9-17-15;/h3-7,15,17H,8-10H2,1-2H3;1H. The zero-order valence-corrected chi connectivity index (χ0v) is 13.5. The number of likely N-dealkylation sites (N-methyl/N-ethyl adjacent to an activating group) is 1. The first-order chi connectivity index (χ1) is 10.1. The summed E-state index contributed by atoms with van der Waals surface area (Å²) in [7, 11) is 1.80. The molecule has 1 amide bonds. The molecular formula is C16H20ClN3O2. The average Bonchev–Trinajstić information content (AvgIpc) is 2.91. The highest BCUT2D eigenvalue weighted by molar-refractivity contribution is 5.85. The molecule has 0 bridgehead atoms. The van der Waals surface area contributed by atoms with Crippen molar-refractivity contribution in [3.8, 4) is 0 Å². The number of hydrogen-bond donors (Lipinski definition) is 1. The molecule has 1 aromatic carbocycles. The summed E-state index contributed by atoms with van der Waals surface area (Å²) in [5.74, 6) is 0.848. The zero-order chi connectivity index (χ0) is 14.8. The van der Waals surface area contributed by atoms with Gasteiger partial charge in [-0.1, -0.05) is 29.4 Å². The van der Waals surface area contributed by atoms with Crippen molar-refractivity contribution in [3.05, 3.63) is 52.9 Å². The van der Waals surface area contributed by atoms with Crippen LogP contribution in [0.3, 0.4) is 0 Å². The van der Waals surface area contributed by atoms with Crippen molar-refractivity contribution in [2.75, 3.05) is 7.05 Å². The highest BCUT2D eigenvalue weighted by Gasteiger charge is 2.26. The van der Waals surface area contributed by atoms with E-state index in [0.29, 0.717) is 6.54 Å². The number of fused-ring (bicyclic) bond motifs is 1. The number of aromatic nitrogens is 1. The first-order valence-electron chi connectivity index (χ1n) is 7.11. The molecule has 0 spiro atoms. The maximum absolute atomic E-state index is 12.5. The summed E-state index contributed by atoms with van der Waals surface area (Å²) in [5.41, 5.74) is 3.30. The van der Waals surface area contributed by atoms with E-state index < -0.39 is 0 Å². The van der Waals surface area contributed by atoms with Gasteiger partial charge in [0.25, 0.3) is 0 Å². The molecule has 1 atom stereocenters. The SMILES string of the molecule is Cc1cc(CN(C)C(=O)C2Cc3ccccc3CN2)no1.Cl. The molecule has 2 aromatic rings. The van der Waals surface area contributed by atoms with Crippen molar-refractivity contribution in [2.45, 2.75) is 32.5 Å².